The van der Waals surface area contributed by atoms with Gasteiger partial charge < -0.3 is 18.4 Å². The van der Waals surface area contributed by atoms with E-state index in [0.717, 1.165) is 0 Å². The molecule has 0 amide bonds. The van der Waals surface area contributed by atoms with Gasteiger partial charge in [-0.15, -0.1) is 0 Å². The average molecular weight is 547 g/mol. The highest BCUT2D eigenvalue weighted by atomic mass is 31.2. The molecule has 206 valence electrons. The van der Waals surface area contributed by atoms with E-state index in [1.54, 1.807) is 12.1 Å². The van der Waals surface area contributed by atoms with Gasteiger partial charge in [-0.05, 0) is 32.3 Å². The lowest BCUT2D eigenvalue weighted by atomic mass is 9.88. The molecule has 0 N–H and O–H groups in total. The van der Waals surface area contributed by atoms with E-state index in [2.05, 4.69) is 0 Å². The van der Waals surface area contributed by atoms with E-state index in [0.29, 0.717) is 6.16 Å². The molecule has 0 radical (unpaired) electrons. The maximum atomic E-state index is 13.3. The number of carbonyl (C=O) groups is 4. The fourth-order valence-electron chi connectivity index (χ4n) is 4.18. The molecule has 0 fully saturated rings. The number of rotatable bonds is 11. The van der Waals surface area contributed by atoms with E-state index in [9.17, 15) is 23.7 Å². The van der Waals surface area contributed by atoms with E-state index >= 15 is 0 Å². The van der Waals surface area contributed by atoms with Crippen molar-refractivity contribution < 1.29 is 42.2 Å². The summed E-state index contributed by atoms with van der Waals surface area (Å²) in [5, 5.41) is 0. The maximum Gasteiger partial charge on any atom is 0.313 e. The number of esters is 1. The topological polar surface area (TPSA) is 126 Å². The van der Waals surface area contributed by atoms with Crippen molar-refractivity contribution >= 4 is 30.7 Å². The van der Waals surface area contributed by atoms with Gasteiger partial charge in [0, 0.05) is 23.5 Å². The Balaban J connectivity index is 1.46. The second-order valence-corrected chi connectivity index (χ2v) is 14.0. The molecule has 0 aliphatic heterocycles. The number of hydrogen-bond donors (Lipinski definition) is 0. The van der Waals surface area contributed by atoms with Gasteiger partial charge in [-0.2, -0.15) is 0 Å². The summed E-state index contributed by atoms with van der Waals surface area (Å²) in [7, 11) is -2.95. The molecule has 1 atom stereocenters. The Kier molecular flexibility index (Phi) is 8.97. The molecule has 0 saturated carbocycles. The maximum absolute atomic E-state index is 13.3. The third-order valence-electron chi connectivity index (χ3n) is 5.40. The lowest BCUT2D eigenvalue weighted by Crippen LogP contribution is -2.24. The van der Waals surface area contributed by atoms with Crippen molar-refractivity contribution in [3.8, 4) is 0 Å². The highest BCUT2D eigenvalue weighted by Gasteiger charge is 2.35. The van der Waals surface area contributed by atoms with Crippen LogP contribution in [0, 0.1) is 5.41 Å². The second kappa shape index (κ2) is 11.5. The Morgan fingerprint density at radius 1 is 0.895 bits per heavy atom. The monoisotopic (exact) mass is 546 g/mol. The van der Waals surface area contributed by atoms with E-state index in [1.807, 2.05) is 41.5 Å². The third kappa shape index (κ3) is 7.82. The number of fused-ring (bicyclic) bond motifs is 2. The number of hydrogen-bond acceptors (Lipinski definition) is 9. The van der Waals surface area contributed by atoms with Crippen molar-refractivity contribution in [3.63, 3.8) is 0 Å². The van der Waals surface area contributed by atoms with Crippen LogP contribution < -0.4 is 0 Å². The van der Waals surface area contributed by atoms with Crippen molar-refractivity contribution in [2.24, 2.45) is 5.41 Å². The first-order valence-electron chi connectivity index (χ1n) is 12.5. The van der Waals surface area contributed by atoms with Crippen LogP contribution in [-0.4, -0.2) is 61.1 Å². The van der Waals surface area contributed by atoms with Crippen molar-refractivity contribution in [1.29, 1.82) is 0 Å². The standard InChI is InChI=1S/C28H35O9P/c1-27(2,3)17-38(33,37-28(4,5)6)14-13-34-11-12-35-23(30)16-21(29)22-15-20-24(31)18-9-7-8-10-19(18)25(32)26(20)36-22/h7-10,15H,11-14,16-17H2,1-6H3. The molecule has 1 unspecified atom stereocenters. The molecule has 1 aromatic carbocycles. The lowest BCUT2D eigenvalue weighted by Gasteiger charge is -2.32. The molecule has 1 aliphatic rings. The van der Waals surface area contributed by atoms with Gasteiger partial charge >= 0.3 is 5.97 Å². The lowest BCUT2D eigenvalue weighted by molar-refractivity contribution is -0.144. The Morgan fingerprint density at radius 3 is 2.13 bits per heavy atom. The molecular formula is C28H35O9P. The van der Waals surface area contributed by atoms with Gasteiger partial charge in [-0.3, -0.25) is 23.7 Å². The largest absolute Gasteiger partial charge is 0.463 e. The summed E-state index contributed by atoms with van der Waals surface area (Å²) >= 11 is 0. The molecule has 10 heteroatoms. The summed E-state index contributed by atoms with van der Waals surface area (Å²) in [6.45, 7) is 11.7. The summed E-state index contributed by atoms with van der Waals surface area (Å²) in [6, 6.07) is 7.52. The van der Waals surface area contributed by atoms with Crippen LogP contribution in [0.5, 0.6) is 0 Å². The molecular weight excluding hydrogens is 511 g/mol. The number of furan rings is 1. The van der Waals surface area contributed by atoms with Crippen LogP contribution in [0.15, 0.2) is 34.7 Å². The minimum Gasteiger partial charge on any atom is -0.463 e. The number of Topliss-reactive ketones (excluding diaryl/α,β-unsaturated/α-hetero) is 1. The summed E-state index contributed by atoms with van der Waals surface area (Å²) in [4.78, 5) is 50.0. The van der Waals surface area contributed by atoms with Gasteiger partial charge in [0.1, 0.15) is 13.0 Å². The average Bonchev–Trinajstić information content (AvgIpc) is 3.23. The van der Waals surface area contributed by atoms with Gasteiger partial charge in [0.25, 0.3) is 0 Å². The van der Waals surface area contributed by atoms with Gasteiger partial charge in [0.15, 0.2) is 17.3 Å². The molecule has 1 aromatic heterocycles. The minimum absolute atomic E-state index is 0.00185. The van der Waals surface area contributed by atoms with Crippen molar-refractivity contribution in [2.75, 3.05) is 32.1 Å². The Morgan fingerprint density at radius 2 is 1.53 bits per heavy atom. The first-order chi connectivity index (χ1) is 17.6. The predicted molar refractivity (Wildman–Crippen MR) is 140 cm³/mol. The van der Waals surface area contributed by atoms with Crippen LogP contribution in [0.1, 0.15) is 90.6 Å². The summed E-state index contributed by atoms with van der Waals surface area (Å²) < 4.78 is 35.2. The zero-order valence-electron chi connectivity index (χ0n) is 22.8. The highest BCUT2D eigenvalue weighted by molar-refractivity contribution is 7.59. The van der Waals surface area contributed by atoms with Gasteiger partial charge in [0.05, 0.1) is 24.4 Å². The molecule has 0 saturated heterocycles. The first kappa shape index (κ1) is 29.7. The second-order valence-electron chi connectivity index (χ2n) is 11.5. The third-order valence-corrected chi connectivity index (χ3v) is 8.58. The number of carbonyl (C=O) groups excluding carboxylic acids is 4. The smallest absolute Gasteiger partial charge is 0.313 e. The molecule has 3 rings (SSSR count). The first-order valence-corrected chi connectivity index (χ1v) is 14.5. The zero-order valence-corrected chi connectivity index (χ0v) is 23.6. The molecule has 38 heavy (non-hydrogen) atoms. The Labute approximate surface area is 222 Å². The van der Waals surface area contributed by atoms with Crippen LogP contribution >= 0.6 is 7.37 Å². The molecule has 1 aliphatic carbocycles. The van der Waals surface area contributed by atoms with Crippen molar-refractivity contribution in [2.45, 2.75) is 53.6 Å². The fourth-order valence-corrected chi connectivity index (χ4v) is 7.35. The van der Waals surface area contributed by atoms with Gasteiger partial charge in [0.2, 0.25) is 18.9 Å². The molecule has 0 bridgehead atoms. The van der Waals surface area contributed by atoms with E-state index in [-0.39, 0.29) is 59.6 Å². The van der Waals surface area contributed by atoms with Crippen LogP contribution in [0.25, 0.3) is 0 Å². The number of benzene rings is 1. The quantitative estimate of drug-likeness (QED) is 0.103. The van der Waals surface area contributed by atoms with E-state index in [4.69, 9.17) is 18.4 Å². The SMILES string of the molecule is CC(C)(C)CP(=O)(CCOCCOC(=O)CC(=O)c1cc2c(o1)C(=O)c1ccccc1C2=O)OC(C)(C)C. The van der Waals surface area contributed by atoms with Crippen LogP contribution in [-0.2, 0) is 23.4 Å². The molecule has 0 spiro atoms. The predicted octanol–water partition coefficient (Wildman–Crippen LogP) is 5.33. The Hall–Kier alpha value is -2.87. The van der Waals surface area contributed by atoms with E-state index < -0.39 is 42.7 Å². The van der Waals surface area contributed by atoms with Crippen molar-refractivity contribution in [3.05, 3.63) is 58.5 Å². The number of ketones is 3. The molecule has 1 heterocycles. The number of ether oxygens (including phenoxy) is 2. The normalized spacial score (nSPS) is 15.0. The van der Waals surface area contributed by atoms with Gasteiger partial charge in [-0.1, -0.05) is 45.0 Å². The van der Waals surface area contributed by atoms with Crippen LogP contribution in [0.2, 0.25) is 0 Å². The van der Waals surface area contributed by atoms with Crippen LogP contribution in [0.3, 0.4) is 0 Å². The summed E-state index contributed by atoms with van der Waals surface area (Å²) in [5.74, 6) is -2.89. The van der Waals surface area contributed by atoms with Crippen molar-refractivity contribution in [1.82, 2.24) is 0 Å². The molecule has 2 aromatic rings. The highest BCUT2D eigenvalue weighted by Crippen LogP contribution is 2.53. The van der Waals surface area contributed by atoms with E-state index in [1.165, 1.54) is 18.2 Å². The molecule has 9 nitrogen and oxygen atoms in total. The summed E-state index contributed by atoms with van der Waals surface area (Å²) in [6.07, 6.45) is 0.0254. The van der Waals surface area contributed by atoms with Gasteiger partial charge in [-0.25, -0.2) is 0 Å². The fraction of sp³-hybridized carbons (Fsp3) is 0.500. The Bertz CT molecular complexity index is 1200. The van der Waals surface area contributed by atoms with Crippen LogP contribution in [0.4, 0.5) is 0 Å². The summed E-state index contributed by atoms with van der Waals surface area (Å²) in [5.41, 5.74) is -0.291. The minimum atomic E-state index is -2.95. The zero-order chi connectivity index (χ0) is 28.3.